The van der Waals surface area contributed by atoms with E-state index < -0.39 is 0 Å². The van der Waals surface area contributed by atoms with E-state index in [4.69, 9.17) is 23.2 Å². The number of nitrogens with one attached hydrogen (secondary N) is 1. The van der Waals surface area contributed by atoms with Gasteiger partial charge in [-0.15, -0.1) is 11.3 Å². The number of anilines is 1. The van der Waals surface area contributed by atoms with Gasteiger partial charge in [-0.05, 0) is 54.0 Å². The zero-order valence-corrected chi connectivity index (χ0v) is 20.4. The quantitative estimate of drug-likeness (QED) is 0.362. The maximum absolute atomic E-state index is 13.4. The minimum Gasteiger partial charge on any atom is -0.332 e. The van der Waals surface area contributed by atoms with Crippen molar-refractivity contribution in [2.45, 2.75) is 25.9 Å². The molecule has 1 aliphatic rings. The second kappa shape index (κ2) is 11.1. The highest BCUT2D eigenvalue weighted by Crippen LogP contribution is 2.31. The van der Waals surface area contributed by atoms with E-state index in [0.29, 0.717) is 41.3 Å². The third kappa shape index (κ3) is 6.97. The summed E-state index contributed by atoms with van der Waals surface area (Å²) in [5, 5.41) is 5.69. The van der Waals surface area contributed by atoms with Crippen molar-refractivity contribution in [3.05, 3.63) is 86.5 Å². The van der Waals surface area contributed by atoms with Crippen LogP contribution in [-0.4, -0.2) is 34.8 Å². The van der Waals surface area contributed by atoms with E-state index in [0.717, 1.165) is 23.3 Å². The molecule has 0 bridgehead atoms. The Hall–Kier alpha value is -2.54. The summed E-state index contributed by atoms with van der Waals surface area (Å²) in [7, 11) is 0. The molecule has 0 saturated heterocycles. The first-order valence-electron chi connectivity index (χ1n) is 10.8. The first-order chi connectivity index (χ1) is 16.0. The van der Waals surface area contributed by atoms with Gasteiger partial charge in [0.15, 0.2) is 0 Å². The first kappa shape index (κ1) is 23.6. The van der Waals surface area contributed by atoms with Crippen LogP contribution < -0.4 is 5.32 Å². The molecule has 33 heavy (non-hydrogen) atoms. The topological polar surface area (TPSA) is 52.7 Å². The Balaban J connectivity index is 1.48. The fourth-order valence-electron chi connectivity index (χ4n) is 3.51. The van der Waals surface area contributed by atoms with E-state index in [1.807, 2.05) is 52.7 Å². The summed E-state index contributed by atoms with van der Waals surface area (Å²) in [5.41, 5.74) is 1.52. The molecule has 3 aromatic rings. The molecule has 0 atom stereocenters. The Morgan fingerprint density at radius 3 is 2.42 bits per heavy atom. The average molecular weight is 502 g/mol. The summed E-state index contributed by atoms with van der Waals surface area (Å²) >= 11 is 13.8. The lowest BCUT2D eigenvalue weighted by molar-refractivity contribution is -0.133. The number of thiophene rings is 1. The molecular formula is C25H25Cl2N3O2S. The molecule has 1 aliphatic carbocycles. The van der Waals surface area contributed by atoms with Gasteiger partial charge in [0, 0.05) is 23.0 Å². The Morgan fingerprint density at radius 1 is 0.970 bits per heavy atom. The minimum absolute atomic E-state index is 0.00571. The molecule has 172 valence electrons. The molecule has 0 unspecified atom stereocenters. The molecular weight excluding hydrogens is 477 g/mol. The second-order valence-electron chi connectivity index (χ2n) is 8.19. The summed E-state index contributed by atoms with van der Waals surface area (Å²) in [4.78, 5) is 31.0. The van der Waals surface area contributed by atoms with Gasteiger partial charge < -0.3 is 15.1 Å². The number of benzene rings is 2. The van der Waals surface area contributed by atoms with Gasteiger partial charge in [-0.2, -0.15) is 0 Å². The number of halogens is 2. The molecule has 1 saturated carbocycles. The molecule has 1 N–H and O–H groups in total. The molecule has 1 fully saturated rings. The largest absolute Gasteiger partial charge is 0.332 e. The van der Waals surface area contributed by atoms with Crippen LogP contribution in [0.15, 0.2) is 66.0 Å². The zero-order chi connectivity index (χ0) is 23.2. The highest BCUT2D eigenvalue weighted by atomic mass is 35.5. The van der Waals surface area contributed by atoms with Crippen LogP contribution in [0.2, 0.25) is 10.0 Å². The van der Waals surface area contributed by atoms with Gasteiger partial charge in [-0.1, -0.05) is 59.6 Å². The Kier molecular flexibility index (Phi) is 7.91. The van der Waals surface area contributed by atoms with Gasteiger partial charge in [-0.3, -0.25) is 4.79 Å². The molecule has 2 aromatic carbocycles. The van der Waals surface area contributed by atoms with E-state index in [2.05, 4.69) is 5.32 Å². The summed E-state index contributed by atoms with van der Waals surface area (Å²) in [5.74, 6) is 0.342. The number of carbonyl (C=O) groups excluding carboxylic acids is 2. The van der Waals surface area contributed by atoms with Crippen molar-refractivity contribution in [1.29, 1.82) is 0 Å². The highest BCUT2D eigenvalue weighted by molar-refractivity contribution is 7.09. The fraction of sp³-hybridized carbons (Fsp3) is 0.280. The lowest BCUT2D eigenvalue weighted by atomic mass is 10.2. The van der Waals surface area contributed by atoms with Gasteiger partial charge in [0.2, 0.25) is 5.91 Å². The molecule has 0 radical (unpaired) electrons. The normalized spacial score (nSPS) is 12.9. The Bertz CT molecular complexity index is 1090. The van der Waals surface area contributed by atoms with Crippen LogP contribution in [0.1, 0.15) is 23.3 Å². The van der Waals surface area contributed by atoms with Crippen molar-refractivity contribution < 1.29 is 9.59 Å². The van der Waals surface area contributed by atoms with E-state index in [9.17, 15) is 9.59 Å². The van der Waals surface area contributed by atoms with Crippen LogP contribution in [0.4, 0.5) is 10.5 Å². The smallest absolute Gasteiger partial charge is 0.322 e. The Morgan fingerprint density at radius 2 is 1.76 bits per heavy atom. The van der Waals surface area contributed by atoms with Gasteiger partial charge in [0.1, 0.15) is 6.54 Å². The summed E-state index contributed by atoms with van der Waals surface area (Å²) in [6.45, 7) is 1.54. The number of hydrogen-bond acceptors (Lipinski definition) is 3. The molecule has 5 nitrogen and oxygen atoms in total. The highest BCUT2D eigenvalue weighted by Gasteiger charge is 2.29. The summed E-state index contributed by atoms with van der Waals surface area (Å²) < 4.78 is 0. The van der Waals surface area contributed by atoms with Gasteiger partial charge in [-0.25, -0.2) is 4.79 Å². The number of hydrogen-bond donors (Lipinski definition) is 1. The van der Waals surface area contributed by atoms with Gasteiger partial charge in [0.25, 0.3) is 0 Å². The van der Waals surface area contributed by atoms with Gasteiger partial charge >= 0.3 is 6.03 Å². The molecule has 0 aliphatic heterocycles. The second-order valence-corrected chi connectivity index (χ2v) is 10.1. The van der Waals surface area contributed by atoms with E-state index in [1.165, 1.54) is 0 Å². The molecule has 1 heterocycles. The van der Waals surface area contributed by atoms with E-state index >= 15 is 0 Å². The van der Waals surface area contributed by atoms with E-state index in [-0.39, 0.29) is 18.5 Å². The molecule has 1 aromatic heterocycles. The maximum atomic E-state index is 13.4. The average Bonchev–Trinajstić information content (AvgIpc) is 3.47. The third-order valence-corrected chi connectivity index (χ3v) is 6.87. The maximum Gasteiger partial charge on any atom is 0.322 e. The summed E-state index contributed by atoms with van der Waals surface area (Å²) in [6, 6.07) is 18.5. The summed E-state index contributed by atoms with van der Waals surface area (Å²) in [6.07, 6.45) is 2.14. The van der Waals surface area contributed by atoms with Gasteiger partial charge in [0.05, 0.1) is 17.3 Å². The van der Waals surface area contributed by atoms with Crippen LogP contribution in [0.3, 0.4) is 0 Å². The number of nitrogens with zero attached hydrogens (tertiary/aromatic N) is 2. The minimum atomic E-state index is -0.338. The van der Waals surface area contributed by atoms with Crippen molar-refractivity contribution in [3.8, 4) is 0 Å². The number of amides is 3. The molecule has 4 rings (SSSR count). The van der Waals surface area contributed by atoms with Crippen molar-refractivity contribution in [2.75, 3.05) is 18.4 Å². The third-order valence-electron chi connectivity index (χ3n) is 5.46. The number of carbonyl (C=O) groups is 2. The lowest BCUT2D eigenvalue weighted by Crippen LogP contribution is -2.45. The number of rotatable bonds is 9. The molecule has 3 amide bonds. The Labute approximate surface area is 207 Å². The first-order valence-corrected chi connectivity index (χ1v) is 12.5. The van der Waals surface area contributed by atoms with Crippen LogP contribution in [0.25, 0.3) is 0 Å². The SMILES string of the molecule is O=C(CN(CC1CC1)C(=O)Nc1ccc(Cl)cc1Cl)N(Cc1ccccc1)Cc1cccs1. The van der Waals surface area contributed by atoms with E-state index in [1.54, 1.807) is 34.4 Å². The monoisotopic (exact) mass is 501 g/mol. The molecule has 0 spiro atoms. The van der Waals surface area contributed by atoms with Crippen LogP contribution in [-0.2, 0) is 17.9 Å². The standard InChI is InChI=1S/C25H25Cl2N3O2S/c26-20-10-11-23(22(27)13-20)28-25(32)30(15-19-8-9-19)17-24(31)29(16-21-7-4-12-33-21)14-18-5-2-1-3-6-18/h1-7,10-13,19H,8-9,14-17H2,(H,28,32). The van der Waals surface area contributed by atoms with Crippen LogP contribution in [0.5, 0.6) is 0 Å². The van der Waals surface area contributed by atoms with Crippen LogP contribution >= 0.6 is 34.5 Å². The number of urea groups is 1. The van der Waals surface area contributed by atoms with Crippen LogP contribution in [0, 0.1) is 5.92 Å². The predicted octanol–water partition coefficient (Wildman–Crippen LogP) is 6.53. The van der Waals surface area contributed by atoms with Crippen molar-refractivity contribution >= 4 is 52.2 Å². The lowest BCUT2D eigenvalue weighted by Gasteiger charge is -2.28. The van der Waals surface area contributed by atoms with Crippen molar-refractivity contribution in [2.24, 2.45) is 5.92 Å². The fourth-order valence-corrected chi connectivity index (χ4v) is 4.68. The van der Waals surface area contributed by atoms with Crippen molar-refractivity contribution in [1.82, 2.24) is 9.80 Å². The molecule has 8 heteroatoms. The predicted molar refractivity (Wildman–Crippen MR) is 135 cm³/mol. The van der Waals surface area contributed by atoms with Crippen molar-refractivity contribution in [3.63, 3.8) is 0 Å². The zero-order valence-electron chi connectivity index (χ0n) is 18.0.